The topological polar surface area (TPSA) is 44.8 Å². The average molecular weight is 395 g/mol. The van der Waals surface area contributed by atoms with Gasteiger partial charge in [0, 0.05) is 11.1 Å². The summed E-state index contributed by atoms with van der Waals surface area (Å²) in [5, 5.41) is 0.306. The number of fused-ring (bicyclic) bond motifs is 3. The Morgan fingerprint density at radius 2 is 1.61 bits per heavy atom. The average Bonchev–Trinajstić information content (AvgIpc) is 3.03. The fourth-order valence-corrected chi connectivity index (χ4v) is 3.80. The van der Waals surface area contributed by atoms with Crippen molar-refractivity contribution >= 4 is 17.6 Å². The smallest absolute Gasteiger partial charge is 0.339 e. The number of halogens is 1. The van der Waals surface area contributed by atoms with Gasteiger partial charge in [-0.15, -0.1) is 0 Å². The van der Waals surface area contributed by atoms with Crippen LogP contribution < -0.4 is 9.47 Å². The van der Waals surface area contributed by atoms with Crippen LogP contribution in [0.2, 0.25) is 5.02 Å². The van der Waals surface area contributed by atoms with Crippen molar-refractivity contribution in [2.75, 3.05) is 13.7 Å². The summed E-state index contributed by atoms with van der Waals surface area (Å²) in [5.41, 5.74) is 4.42. The maximum absolute atomic E-state index is 12.9. The molecule has 0 unspecified atom stereocenters. The lowest BCUT2D eigenvalue weighted by Gasteiger charge is -2.17. The first-order valence-corrected chi connectivity index (χ1v) is 9.41. The summed E-state index contributed by atoms with van der Waals surface area (Å²) in [4.78, 5) is 12.9. The van der Waals surface area contributed by atoms with Gasteiger partial charge in [-0.1, -0.05) is 60.1 Å². The molecule has 4 rings (SSSR count). The van der Waals surface area contributed by atoms with Crippen LogP contribution >= 0.6 is 11.6 Å². The van der Waals surface area contributed by atoms with Gasteiger partial charge >= 0.3 is 5.97 Å². The zero-order chi connectivity index (χ0) is 19.7. The number of carbonyl (C=O) groups excluding carboxylic acids is 1. The number of esters is 1. The molecule has 5 heteroatoms. The molecule has 0 aromatic heterocycles. The van der Waals surface area contributed by atoms with Gasteiger partial charge in [-0.25, -0.2) is 4.79 Å². The van der Waals surface area contributed by atoms with Crippen LogP contribution in [-0.2, 0) is 4.74 Å². The van der Waals surface area contributed by atoms with E-state index in [1.54, 1.807) is 12.1 Å². The van der Waals surface area contributed by atoms with E-state index in [1.165, 1.54) is 7.11 Å². The van der Waals surface area contributed by atoms with Crippen molar-refractivity contribution in [3.05, 3.63) is 82.4 Å². The molecule has 0 atom stereocenters. The first kappa shape index (κ1) is 18.4. The van der Waals surface area contributed by atoms with Crippen LogP contribution in [0.4, 0.5) is 0 Å². The molecule has 1 aliphatic carbocycles. The van der Waals surface area contributed by atoms with Crippen LogP contribution in [0.5, 0.6) is 11.5 Å². The van der Waals surface area contributed by atoms with Gasteiger partial charge in [0.1, 0.15) is 0 Å². The Morgan fingerprint density at radius 3 is 2.18 bits per heavy atom. The van der Waals surface area contributed by atoms with E-state index < -0.39 is 12.1 Å². The van der Waals surface area contributed by atoms with E-state index >= 15 is 0 Å². The second kappa shape index (κ2) is 7.56. The molecule has 0 N–H and O–H groups in total. The lowest BCUT2D eigenvalue weighted by atomic mass is 10.1. The number of rotatable bonds is 5. The molecule has 0 spiro atoms. The molecule has 4 nitrogen and oxygen atoms in total. The molecular formula is C23H19ClO4. The zero-order valence-corrected chi connectivity index (χ0v) is 16.3. The Labute approximate surface area is 168 Å². The van der Waals surface area contributed by atoms with Crippen LogP contribution in [0.25, 0.3) is 11.1 Å². The molecule has 0 bridgehead atoms. The highest BCUT2D eigenvalue weighted by Crippen LogP contribution is 2.45. The maximum Gasteiger partial charge on any atom is 0.339 e. The third-order valence-electron chi connectivity index (χ3n) is 4.76. The Morgan fingerprint density at radius 1 is 1.00 bits per heavy atom. The van der Waals surface area contributed by atoms with Crippen LogP contribution in [0, 0.1) is 0 Å². The first-order valence-electron chi connectivity index (χ1n) is 9.03. The van der Waals surface area contributed by atoms with Gasteiger partial charge in [-0.3, -0.25) is 0 Å². The Kier molecular flexibility index (Phi) is 4.97. The highest BCUT2D eigenvalue weighted by Gasteiger charge is 2.31. The second-order valence-electron chi connectivity index (χ2n) is 6.38. The normalized spacial score (nSPS) is 12.2. The number of hydrogen-bond donors (Lipinski definition) is 0. The van der Waals surface area contributed by atoms with Crippen molar-refractivity contribution in [1.82, 2.24) is 0 Å². The number of methoxy groups -OCH3 is 1. The lowest BCUT2D eigenvalue weighted by molar-refractivity contribution is 0.0385. The minimum atomic E-state index is -0.472. The second-order valence-corrected chi connectivity index (χ2v) is 6.79. The predicted molar refractivity (Wildman–Crippen MR) is 108 cm³/mol. The monoisotopic (exact) mass is 394 g/mol. The largest absolute Gasteiger partial charge is 0.493 e. The van der Waals surface area contributed by atoms with Gasteiger partial charge in [-0.05, 0) is 30.2 Å². The quantitative estimate of drug-likeness (QED) is 0.522. The third-order valence-corrected chi connectivity index (χ3v) is 5.04. The van der Waals surface area contributed by atoms with E-state index in [0.29, 0.717) is 28.7 Å². The molecule has 28 heavy (non-hydrogen) atoms. The SMILES string of the molecule is CCOc1c(Cl)cc(C(=O)OC2c3ccccc3-c3ccccc32)cc1OC. The zero-order valence-electron chi connectivity index (χ0n) is 15.6. The maximum atomic E-state index is 12.9. The van der Waals surface area contributed by atoms with Gasteiger partial charge in [0.05, 0.1) is 24.3 Å². The summed E-state index contributed by atoms with van der Waals surface area (Å²) >= 11 is 6.30. The van der Waals surface area contributed by atoms with Crippen molar-refractivity contribution in [1.29, 1.82) is 0 Å². The van der Waals surface area contributed by atoms with E-state index in [1.807, 2.05) is 55.5 Å². The predicted octanol–water partition coefficient (Wildman–Crippen LogP) is 5.67. The van der Waals surface area contributed by atoms with Gasteiger partial charge in [0.25, 0.3) is 0 Å². The summed E-state index contributed by atoms with van der Waals surface area (Å²) in [5.74, 6) is 0.341. The van der Waals surface area contributed by atoms with Crippen LogP contribution in [0.15, 0.2) is 60.7 Å². The molecule has 0 radical (unpaired) electrons. The first-order chi connectivity index (χ1) is 13.6. The van der Waals surface area contributed by atoms with Crippen molar-refractivity contribution in [3.8, 4) is 22.6 Å². The van der Waals surface area contributed by atoms with Crippen molar-refractivity contribution in [2.24, 2.45) is 0 Å². The molecule has 0 saturated carbocycles. The van der Waals surface area contributed by atoms with E-state index in [4.69, 9.17) is 25.8 Å². The molecule has 1 aliphatic rings. The molecule has 142 valence electrons. The molecule has 0 heterocycles. The molecule has 0 aliphatic heterocycles. The van der Waals surface area contributed by atoms with Gasteiger partial charge < -0.3 is 14.2 Å². The highest BCUT2D eigenvalue weighted by atomic mass is 35.5. The fourth-order valence-electron chi connectivity index (χ4n) is 3.53. The minimum Gasteiger partial charge on any atom is -0.493 e. The van der Waals surface area contributed by atoms with E-state index in [2.05, 4.69) is 0 Å². The lowest BCUT2D eigenvalue weighted by Crippen LogP contribution is -2.11. The Hall–Kier alpha value is -2.98. The van der Waals surface area contributed by atoms with E-state index in [9.17, 15) is 4.79 Å². The number of carbonyl (C=O) groups is 1. The summed E-state index contributed by atoms with van der Waals surface area (Å²) in [6, 6.07) is 19.0. The third kappa shape index (κ3) is 3.10. The van der Waals surface area contributed by atoms with Crippen molar-refractivity contribution in [3.63, 3.8) is 0 Å². The van der Waals surface area contributed by atoms with E-state index in [0.717, 1.165) is 22.3 Å². The summed E-state index contributed by atoms with van der Waals surface area (Å²) in [6.07, 6.45) is -0.462. The van der Waals surface area contributed by atoms with Crippen molar-refractivity contribution < 1.29 is 19.0 Å². The number of ether oxygens (including phenoxy) is 3. The standard InChI is InChI=1S/C23H19ClO4/c1-3-27-22-19(24)12-14(13-20(22)26-2)23(25)28-21-17-10-6-4-8-15(17)16-9-5-7-11-18(16)21/h4-13,21H,3H2,1-2H3. The van der Waals surface area contributed by atoms with Crippen molar-refractivity contribution in [2.45, 2.75) is 13.0 Å². The molecule has 3 aromatic carbocycles. The molecule has 0 amide bonds. The summed E-state index contributed by atoms with van der Waals surface area (Å²) < 4.78 is 16.8. The Balaban J connectivity index is 1.69. The summed E-state index contributed by atoms with van der Waals surface area (Å²) in [7, 11) is 1.51. The van der Waals surface area contributed by atoms with Crippen LogP contribution in [0.1, 0.15) is 34.5 Å². The molecule has 3 aromatic rings. The number of hydrogen-bond acceptors (Lipinski definition) is 4. The summed E-state index contributed by atoms with van der Waals surface area (Å²) in [6.45, 7) is 2.29. The van der Waals surface area contributed by atoms with Crippen LogP contribution in [-0.4, -0.2) is 19.7 Å². The minimum absolute atomic E-state index is 0.306. The van der Waals surface area contributed by atoms with Crippen LogP contribution in [0.3, 0.4) is 0 Å². The fraction of sp³-hybridized carbons (Fsp3) is 0.174. The molecule has 0 fully saturated rings. The van der Waals surface area contributed by atoms with Gasteiger partial charge in [0.2, 0.25) is 0 Å². The van der Waals surface area contributed by atoms with E-state index in [-0.39, 0.29) is 0 Å². The van der Waals surface area contributed by atoms with Gasteiger partial charge in [-0.2, -0.15) is 0 Å². The molecular weight excluding hydrogens is 376 g/mol. The molecule has 0 saturated heterocycles. The van der Waals surface area contributed by atoms with Gasteiger partial charge in [0.15, 0.2) is 17.6 Å². The number of benzene rings is 3. The Bertz CT molecular complexity index is 999. The highest BCUT2D eigenvalue weighted by molar-refractivity contribution is 6.32.